The van der Waals surface area contributed by atoms with Crippen LogP contribution in [-0.4, -0.2) is 24.9 Å². The topological polar surface area (TPSA) is 29.5 Å². The molecule has 2 unspecified atom stereocenters. The SMILES string of the molecule is COCCC(C)C(O)CC1CCC1. The zero-order valence-corrected chi connectivity index (χ0v) is 8.83. The first kappa shape index (κ1) is 11.0. The summed E-state index contributed by atoms with van der Waals surface area (Å²) in [5.41, 5.74) is 0. The Morgan fingerprint density at radius 1 is 1.46 bits per heavy atom. The van der Waals surface area contributed by atoms with Gasteiger partial charge in [-0.05, 0) is 24.7 Å². The minimum Gasteiger partial charge on any atom is -0.393 e. The maximum absolute atomic E-state index is 9.82. The lowest BCUT2D eigenvalue weighted by molar-refractivity contribution is 0.0557. The molecule has 2 heteroatoms. The Hall–Kier alpha value is -0.0800. The number of rotatable bonds is 6. The second-order valence-electron chi connectivity index (χ2n) is 4.36. The highest BCUT2D eigenvalue weighted by atomic mass is 16.5. The third-order valence-electron chi connectivity index (χ3n) is 3.23. The van der Waals surface area contributed by atoms with Crippen LogP contribution in [0.3, 0.4) is 0 Å². The second-order valence-corrected chi connectivity index (χ2v) is 4.36. The summed E-state index contributed by atoms with van der Waals surface area (Å²) < 4.78 is 5.00. The molecule has 1 aliphatic carbocycles. The molecule has 1 fully saturated rings. The monoisotopic (exact) mass is 186 g/mol. The Morgan fingerprint density at radius 3 is 2.62 bits per heavy atom. The van der Waals surface area contributed by atoms with E-state index in [1.54, 1.807) is 7.11 Å². The minimum absolute atomic E-state index is 0.111. The molecule has 0 aromatic rings. The van der Waals surface area contributed by atoms with Gasteiger partial charge in [-0.3, -0.25) is 0 Å². The summed E-state index contributed by atoms with van der Waals surface area (Å²) in [7, 11) is 1.71. The predicted octanol–water partition coefficient (Wildman–Crippen LogP) is 2.21. The first-order valence-electron chi connectivity index (χ1n) is 5.41. The van der Waals surface area contributed by atoms with Gasteiger partial charge in [0.2, 0.25) is 0 Å². The van der Waals surface area contributed by atoms with Crippen LogP contribution in [0, 0.1) is 11.8 Å². The molecule has 0 bridgehead atoms. The summed E-state index contributed by atoms with van der Waals surface area (Å²) in [5.74, 6) is 1.19. The highest BCUT2D eigenvalue weighted by Crippen LogP contribution is 2.32. The Bertz CT molecular complexity index is 132. The molecule has 0 aromatic carbocycles. The zero-order valence-electron chi connectivity index (χ0n) is 8.83. The average Bonchev–Trinajstić information content (AvgIpc) is 2.06. The highest BCUT2D eigenvalue weighted by Gasteiger charge is 2.23. The average molecular weight is 186 g/mol. The van der Waals surface area contributed by atoms with Crippen molar-refractivity contribution in [2.45, 2.75) is 45.1 Å². The van der Waals surface area contributed by atoms with Gasteiger partial charge in [-0.15, -0.1) is 0 Å². The van der Waals surface area contributed by atoms with Crippen LogP contribution in [0.15, 0.2) is 0 Å². The van der Waals surface area contributed by atoms with Crippen LogP contribution in [0.25, 0.3) is 0 Å². The lowest BCUT2D eigenvalue weighted by atomic mass is 9.79. The van der Waals surface area contributed by atoms with Gasteiger partial charge in [-0.2, -0.15) is 0 Å². The Morgan fingerprint density at radius 2 is 2.15 bits per heavy atom. The van der Waals surface area contributed by atoms with Crippen LogP contribution in [0.5, 0.6) is 0 Å². The van der Waals surface area contributed by atoms with Gasteiger partial charge in [0, 0.05) is 13.7 Å². The van der Waals surface area contributed by atoms with Gasteiger partial charge in [0.05, 0.1) is 6.10 Å². The maximum atomic E-state index is 9.82. The fourth-order valence-electron chi connectivity index (χ4n) is 1.80. The summed E-state index contributed by atoms with van der Waals surface area (Å²) in [6, 6.07) is 0. The molecule has 0 radical (unpaired) electrons. The number of hydrogen-bond donors (Lipinski definition) is 1. The molecule has 0 heterocycles. The van der Waals surface area contributed by atoms with E-state index >= 15 is 0 Å². The first-order chi connectivity index (χ1) is 6.24. The summed E-state index contributed by atoms with van der Waals surface area (Å²) in [6.45, 7) is 2.88. The number of aliphatic hydroxyl groups excluding tert-OH is 1. The third-order valence-corrected chi connectivity index (χ3v) is 3.23. The van der Waals surface area contributed by atoms with E-state index in [0.29, 0.717) is 5.92 Å². The Labute approximate surface area is 81.3 Å². The number of methoxy groups -OCH3 is 1. The van der Waals surface area contributed by atoms with Crippen molar-refractivity contribution < 1.29 is 9.84 Å². The van der Waals surface area contributed by atoms with Crippen molar-refractivity contribution in [1.29, 1.82) is 0 Å². The van der Waals surface area contributed by atoms with Crippen molar-refractivity contribution in [3.05, 3.63) is 0 Å². The fraction of sp³-hybridized carbons (Fsp3) is 1.00. The predicted molar refractivity (Wildman–Crippen MR) is 53.6 cm³/mol. The van der Waals surface area contributed by atoms with E-state index in [9.17, 15) is 5.11 Å². The van der Waals surface area contributed by atoms with E-state index in [1.807, 2.05) is 0 Å². The largest absolute Gasteiger partial charge is 0.393 e. The number of aliphatic hydroxyl groups is 1. The van der Waals surface area contributed by atoms with Crippen molar-refractivity contribution in [2.75, 3.05) is 13.7 Å². The van der Waals surface area contributed by atoms with E-state index in [-0.39, 0.29) is 6.10 Å². The quantitative estimate of drug-likeness (QED) is 0.689. The molecule has 1 rings (SSSR count). The molecule has 0 aliphatic heterocycles. The van der Waals surface area contributed by atoms with Crippen molar-refractivity contribution in [3.63, 3.8) is 0 Å². The summed E-state index contributed by atoms with van der Waals surface area (Å²) in [4.78, 5) is 0. The fourth-order valence-corrected chi connectivity index (χ4v) is 1.80. The molecule has 2 atom stereocenters. The normalized spacial score (nSPS) is 22.4. The molecule has 0 spiro atoms. The zero-order chi connectivity index (χ0) is 9.68. The van der Waals surface area contributed by atoms with Crippen molar-refractivity contribution in [3.8, 4) is 0 Å². The van der Waals surface area contributed by atoms with Crippen LogP contribution in [-0.2, 0) is 4.74 Å². The van der Waals surface area contributed by atoms with E-state index in [4.69, 9.17) is 4.74 Å². The van der Waals surface area contributed by atoms with Gasteiger partial charge < -0.3 is 9.84 Å². The molecule has 1 N–H and O–H groups in total. The van der Waals surface area contributed by atoms with Gasteiger partial charge in [0.1, 0.15) is 0 Å². The molecule has 0 amide bonds. The summed E-state index contributed by atoms with van der Waals surface area (Å²) in [5, 5.41) is 9.82. The molecule has 2 nitrogen and oxygen atoms in total. The van der Waals surface area contributed by atoms with Crippen LogP contribution >= 0.6 is 0 Å². The molecule has 1 aliphatic rings. The molecule has 1 saturated carbocycles. The van der Waals surface area contributed by atoms with E-state index in [2.05, 4.69) is 6.92 Å². The van der Waals surface area contributed by atoms with Crippen molar-refractivity contribution in [1.82, 2.24) is 0 Å². The van der Waals surface area contributed by atoms with E-state index in [1.165, 1.54) is 19.3 Å². The third kappa shape index (κ3) is 3.65. The highest BCUT2D eigenvalue weighted by molar-refractivity contribution is 4.75. The minimum atomic E-state index is -0.111. The lowest BCUT2D eigenvalue weighted by Gasteiger charge is -2.29. The first-order valence-corrected chi connectivity index (χ1v) is 5.41. The smallest absolute Gasteiger partial charge is 0.0569 e. The summed E-state index contributed by atoms with van der Waals surface area (Å²) >= 11 is 0. The second kappa shape index (κ2) is 5.61. The Balaban J connectivity index is 2.09. The molecular formula is C11H22O2. The Kier molecular flexibility index (Phi) is 4.74. The van der Waals surface area contributed by atoms with Gasteiger partial charge in [0.15, 0.2) is 0 Å². The van der Waals surface area contributed by atoms with Crippen LogP contribution in [0.1, 0.15) is 39.0 Å². The van der Waals surface area contributed by atoms with Gasteiger partial charge in [0.25, 0.3) is 0 Å². The van der Waals surface area contributed by atoms with Gasteiger partial charge >= 0.3 is 0 Å². The number of ether oxygens (including phenoxy) is 1. The molecule has 0 aromatic heterocycles. The van der Waals surface area contributed by atoms with E-state index in [0.717, 1.165) is 25.4 Å². The summed E-state index contributed by atoms with van der Waals surface area (Å²) in [6.07, 6.45) is 5.89. The molecular weight excluding hydrogens is 164 g/mol. The number of hydrogen-bond acceptors (Lipinski definition) is 2. The standard InChI is InChI=1S/C11H22O2/c1-9(6-7-13-2)11(12)8-10-4-3-5-10/h9-12H,3-8H2,1-2H3. The molecule has 13 heavy (non-hydrogen) atoms. The lowest BCUT2D eigenvalue weighted by Crippen LogP contribution is -2.25. The van der Waals surface area contributed by atoms with Crippen molar-refractivity contribution in [2.24, 2.45) is 11.8 Å². The van der Waals surface area contributed by atoms with E-state index < -0.39 is 0 Å². The maximum Gasteiger partial charge on any atom is 0.0569 e. The molecule has 0 saturated heterocycles. The van der Waals surface area contributed by atoms with Crippen LogP contribution < -0.4 is 0 Å². The van der Waals surface area contributed by atoms with Crippen molar-refractivity contribution >= 4 is 0 Å². The molecule has 78 valence electrons. The van der Waals surface area contributed by atoms with Gasteiger partial charge in [-0.1, -0.05) is 26.2 Å². The van der Waals surface area contributed by atoms with Crippen LogP contribution in [0.4, 0.5) is 0 Å². The van der Waals surface area contributed by atoms with Gasteiger partial charge in [-0.25, -0.2) is 0 Å². The van der Waals surface area contributed by atoms with Crippen LogP contribution in [0.2, 0.25) is 0 Å².